The zero-order chi connectivity index (χ0) is 24.9. The largest absolute Gasteiger partial charge is 0.495 e. The van der Waals surface area contributed by atoms with Crippen LogP contribution in [0.3, 0.4) is 0 Å². The number of nitrogens with one attached hydrogen (secondary N) is 1. The molecule has 1 aliphatic heterocycles. The lowest BCUT2D eigenvalue weighted by Crippen LogP contribution is -2.55. The van der Waals surface area contributed by atoms with Crippen LogP contribution in [-0.2, 0) is 5.79 Å². The van der Waals surface area contributed by atoms with E-state index in [9.17, 15) is 8.78 Å². The molecular weight excluding hydrogens is 474 g/mol. The van der Waals surface area contributed by atoms with E-state index in [1.807, 2.05) is 37.2 Å². The first-order valence-electron chi connectivity index (χ1n) is 11.1. The van der Waals surface area contributed by atoms with Crippen LogP contribution in [0.1, 0.15) is 29.9 Å². The van der Waals surface area contributed by atoms with Crippen molar-refractivity contribution in [2.75, 3.05) is 21.2 Å². The minimum Gasteiger partial charge on any atom is -0.495 e. The molecule has 2 atom stereocenters. The van der Waals surface area contributed by atoms with Crippen molar-refractivity contribution in [3.05, 3.63) is 88.1 Å². The summed E-state index contributed by atoms with van der Waals surface area (Å²) in [6.07, 6.45) is 4.71. The van der Waals surface area contributed by atoms with Gasteiger partial charge in [0.15, 0.2) is 11.6 Å². The number of nitrogens with two attached hydrogens (primary N) is 1. The summed E-state index contributed by atoms with van der Waals surface area (Å²) in [7, 11) is 5.38. The van der Waals surface area contributed by atoms with Gasteiger partial charge in [-0.3, -0.25) is 4.90 Å². The summed E-state index contributed by atoms with van der Waals surface area (Å²) >= 11 is 6.00. The van der Waals surface area contributed by atoms with Crippen LogP contribution in [0, 0.1) is 11.6 Å². The summed E-state index contributed by atoms with van der Waals surface area (Å²) in [5.74, 6) is -1.93. The van der Waals surface area contributed by atoms with Gasteiger partial charge in [0.1, 0.15) is 23.1 Å². The summed E-state index contributed by atoms with van der Waals surface area (Å²) in [5.41, 5.74) is 10.5. The number of amidine groups is 1. The Morgan fingerprint density at radius 3 is 2.66 bits per heavy atom. The van der Waals surface area contributed by atoms with Crippen LogP contribution in [-0.4, -0.2) is 41.5 Å². The number of aliphatic imine (C=N–C) groups is 1. The van der Waals surface area contributed by atoms with E-state index in [2.05, 4.69) is 10.3 Å². The van der Waals surface area contributed by atoms with Gasteiger partial charge in [0.25, 0.3) is 0 Å². The Kier molecular flexibility index (Phi) is 5.77. The van der Waals surface area contributed by atoms with Crippen LogP contribution in [0.4, 0.5) is 8.78 Å². The van der Waals surface area contributed by atoms with Gasteiger partial charge >= 0.3 is 0 Å². The van der Waals surface area contributed by atoms with E-state index >= 15 is 0 Å². The van der Waals surface area contributed by atoms with Crippen LogP contribution in [0.2, 0.25) is 5.15 Å². The molecule has 2 aliphatic rings. The van der Waals surface area contributed by atoms with E-state index in [0.29, 0.717) is 35.1 Å². The van der Waals surface area contributed by atoms with Crippen molar-refractivity contribution < 1.29 is 13.5 Å². The van der Waals surface area contributed by atoms with E-state index in [-0.39, 0.29) is 5.92 Å². The number of halogens is 3. The Morgan fingerprint density at radius 1 is 1.20 bits per heavy atom. The second kappa shape index (κ2) is 8.66. The van der Waals surface area contributed by atoms with Gasteiger partial charge in [0.2, 0.25) is 5.79 Å². The summed E-state index contributed by atoms with van der Waals surface area (Å²) in [6, 6.07) is 9.76. The quantitative estimate of drug-likeness (QED) is 0.549. The lowest BCUT2D eigenvalue weighted by molar-refractivity contribution is 0.125. The molecule has 5 rings (SSSR count). The number of ether oxygens (including phenoxy) is 1. The number of nitrogens with zero attached hydrogens (tertiary/aromatic N) is 4. The topological polar surface area (TPSA) is 80.7 Å². The maximum Gasteiger partial charge on any atom is 0.215 e. The number of benzene rings is 2. The van der Waals surface area contributed by atoms with E-state index in [1.54, 1.807) is 30.3 Å². The molecule has 7 nitrogen and oxygen atoms in total. The third kappa shape index (κ3) is 3.84. The summed E-state index contributed by atoms with van der Waals surface area (Å²) in [4.78, 5) is 10.9. The average molecular weight is 499 g/mol. The molecule has 182 valence electrons. The first kappa shape index (κ1) is 23.3. The average Bonchev–Trinajstić information content (AvgIpc) is 3.46. The van der Waals surface area contributed by atoms with E-state index in [1.165, 1.54) is 6.07 Å². The molecule has 10 heteroatoms. The van der Waals surface area contributed by atoms with Crippen molar-refractivity contribution >= 4 is 17.4 Å². The molecular formula is C25H25ClF2N6O. The first-order valence-corrected chi connectivity index (χ1v) is 11.5. The second-order valence-corrected chi connectivity index (χ2v) is 9.22. The van der Waals surface area contributed by atoms with Gasteiger partial charge in [-0.1, -0.05) is 23.7 Å². The lowest BCUT2D eigenvalue weighted by Gasteiger charge is -2.42. The highest BCUT2D eigenvalue weighted by Gasteiger charge is 2.44. The van der Waals surface area contributed by atoms with Crippen molar-refractivity contribution in [1.29, 1.82) is 0 Å². The Bertz CT molecular complexity index is 1370. The zero-order valence-electron chi connectivity index (χ0n) is 19.5. The van der Waals surface area contributed by atoms with Crippen molar-refractivity contribution in [3.63, 3.8) is 0 Å². The van der Waals surface area contributed by atoms with E-state index < -0.39 is 17.4 Å². The minimum absolute atomic E-state index is 0.164. The number of aromatic nitrogens is 2. The highest BCUT2D eigenvalue weighted by Crippen LogP contribution is 2.44. The minimum atomic E-state index is -1.04. The van der Waals surface area contributed by atoms with Gasteiger partial charge in [0.05, 0.1) is 12.8 Å². The maximum absolute atomic E-state index is 14.0. The monoisotopic (exact) mass is 498 g/mol. The molecule has 0 radical (unpaired) electrons. The molecule has 0 spiro atoms. The Morgan fingerprint density at radius 2 is 2.00 bits per heavy atom. The maximum atomic E-state index is 14.0. The normalized spacial score (nSPS) is 21.7. The van der Waals surface area contributed by atoms with Crippen molar-refractivity contribution in [3.8, 4) is 11.4 Å². The Balaban J connectivity index is 1.58. The molecule has 3 aromatic rings. The zero-order valence-corrected chi connectivity index (χ0v) is 20.3. The highest BCUT2D eigenvalue weighted by atomic mass is 35.5. The van der Waals surface area contributed by atoms with Crippen LogP contribution in [0.15, 0.2) is 65.2 Å². The number of rotatable bonds is 5. The summed E-state index contributed by atoms with van der Waals surface area (Å²) in [5, 5.41) is 3.97. The van der Waals surface area contributed by atoms with E-state index in [0.717, 1.165) is 28.6 Å². The molecule has 0 saturated heterocycles. The van der Waals surface area contributed by atoms with Gasteiger partial charge < -0.3 is 20.4 Å². The van der Waals surface area contributed by atoms with Crippen LogP contribution in [0.5, 0.6) is 5.75 Å². The standard InChI is InChI=1S/C25H25ClF2N6O/c1-33(2)25(15-5-9-20(21(11-15)35-3)34-12-22(26)30-13-34)31-23-16(6-7-17(23)24(29)32-25)14-4-8-18(27)19(28)10-14/h4-5,8-13,16,31H,6-7H2,1-3H3,(H2,29,32). The van der Waals surface area contributed by atoms with Gasteiger partial charge in [-0.25, -0.2) is 18.8 Å². The first-order chi connectivity index (χ1) is 16.7. The van der Waals surface area contributed by atoms with Crippen LogP contribution >= 0.6 is 11.6 Å². The molecule has 1 aliphatic carbocycles. The van der Waals surface area contributed by atoms with Crippen LogP contribution in [0.25, 0.3) is 5.69 Å². The predicted octanol–water partition coefficient (Wildman–Crippen LogP) is 4.28. The number of allylic oxidation sites excluding steroid dienone is 1. The van der Waals surface area contributed by atoms with Crippen molar-refractivity contribution in [2.24, 2.45) is 10.7 Å². The Labute approximate surface area is 206 Å². The summed E-state index contributed by atoms with van der Waals surface area (Å²) < 4.78 is 35.1. The fourth-order valence-electron chi connectivity index (χ4n) is 4.87. The van der Waals surface area contributed by atoms with Gasteiger partial charge in [-0.15, -0.1) is 0 Å². The van der Waals surface area contributed by atoms with Gasteiger partial charge in [-0.2, -0.15) is 0 Å². The number of hydrogen-bond acceptors (Lipinski definition) is 6. The SMILES string of the molecule is COc1cc(C2(N(C)C)N=C(N)C3=C(N2)C(c2ccc(F)c(F)c2)CC3)ccc1-n1cnc(Cl)c1. The molecule has 35 heavy (non-hydrogen) atoms. The predicted molar refractivity (Wildman–Crippen MR) is 131 cm³/mol. The van der Waals surface area contributed by atoms with E-state index in [4.69, 9.17) is 27.1 Å². The smallest absolute Gasteiger partial charge is 0.215 e. The molecule has 3 N–H and O–H groups in total. The third-order valence-corrected chi connectivity index (χ3v) is 6.86. The van der Waals surface area contributed by atoms with Gasteiger partial charge in [0, 0.05) is 28.9 Å². The molecule has 2 aromatic carbocycles. The fourth-order valence-corrected chi connectivity index (χ4v) is 5.02. The highest BCUT2D eigenvalue weighted by molar-refractivity contribution is 6.29. The molecule has 0 fully saturated rings. The molecule has 2 heterocycles. The molecule has 0 amide bonds. The molecule has 2 unspecified atom stereocenters. The second-order valence-electron chi connectivity index (χ2n) is 8.84. The fraction of sp³-hybridized carbons (Fsp3) is 0.280. The van der Waals surface area contributed by atoms with Crippen LogP contribution < -0.4 is 15.8 Å². The Hall–Kier alpha value is -3.43. The van der Waals surface area contributed by atoms with Crippen molar-refractivity contribution in [2.45, 2.75) is 24.5 Å². The molecule has 1 aromatic heterocycles. The number of methoxy groups -OCH3 is 1. The molecule has 0 saturated carbocycles. The van der Waals surface area contributed by atoms with Gasteiger partial charge in [-0.05, 0) is 56.8 Å². The number of hydrogen-bond donors (Lipinski definition) is 2. The third-order valence-electron chi connectivity index (χ3n) is 6.66. The summed E-state index contributed by atoms with van der Waals surface area (Å²) in [6.45, 7) is 0. The molecule has 0 bridgehead atoms. The van der Waals surface area contributed by atoms with Crippen molar-refractivity contribution in [1.82, 2.24) is 19.8 Å². The lowest BCUT2D eigenvalue weighted by atomic mass is 9.94. The number of imidazole rings is 1.